The fourth-order valence-electron chi connectivity index (χ4n) is 2.57. The molecule has 0 atom stereocenters. The van der Waals surface area contributed by atoms with Gasteiger partial charge in [0.1, 0.15) is 5.69 Å². The first-order chi connectivity index (χ1) is 10.6. The highest BCUT2D eigenvalue weighted by Crippen LogP contribution is 2.19. The van der Waals surface area contributed by atoms with Crippen molar-refractivity contribution in [3.8, 4) is 0 Å². The molecule has 0 bridgehead atoms. The molecule has 0 spiro atoms. The smallest absolute Gasteiger partial charge is 0.273 e. The van der Waals surface area contributed by atoms with Crippen molar-refractivity contribution in [3.05, 3.63) is 16.1 Å². The van der Waals surface area contributed by atoms with Crippen molar-refractivity contribution in [1.29, 1.82) is 0 Å². The molecule has 1 amide bonds. The highest BCUT2D eigenvalue weighted by atomic mass is 32.1. The Balaban J connectivity index is 1.80. The van der Waals surface area contributed by atoms with E-state index in [-0.39, 0.29) is 12.0 Å². The minimum Gasteiger partial charge on any atom is -0.378 e. The van der Waals surface area contributed by atoms with Crippen LogP contribution in [0.4, 0.5) is 0 Å². The Morgan fingerprint density at radius 2 is 2.23 bits per heavy atom. The molecule has 1 aliphatic rings. The zero-order valence-corrected chi connectivity index (χ0v) is 14.4. The van der Waals surface area contributed by atoms with Crippen molar-refractivity contribution in [3.63, 3.8) is 0 Å². The Bertz CT molecular complexity index is 468. The fourth-order valence-corrected chi connectivity index (χ4v) is 3.55. The molecule has 2 heterocycles. The van der Waals surface area contributed by atoms with Crippen LogP contribution < -0.4 is 5.73 Å². The number of nitrogens with zero attached hydrogens (tertiary/aromatic N) is 2. The third-order valence-corrected chi connectivity index (χ3v) is 4.66. The molecule has 0 radical (unpaired) electrons. The van der Waals surface area contributed by atoms with Crippen LogP contribution in [0.5, 0.6) is 0 Å². The Hall–Kier alpha value is -0.980. The van der Waals surface area contributed by atoms with E-state index in [0.717, 1.165) is 50.4 Å². The average Bonchev–Trinajstić information content (AvgIpc) is 2.95. The zero-order valence-electron chi connectivity index (χ0n) is 13.6. The lowest BCUT2D eigenvalue weighted by Crippen LogP contribution is -2.41. The second-order valence-corrected chi connectivity index (χ2v) is 7.17. The van der Waals surface area contributed by atoms with Gasteiger partial charge in [-0.15, -0.1) is 11.3 Å². The number of carbonyl (C=O) groups is 1. The van der Waals surface area contributed by atoms with E-state index in [9.17, 15) is 4.79 Å². The zero-order chi connectivity index (χ0) is 15.9. The van der Waals surface area contributed by atoms with Gasteiger partial charge in [-0.2, -0.15) is 0 Å². The van der Waals surface area contributed by atoms with Crippen LogP contribution in [0.15, 0.2) is 5.38 Å². The number of carbonyl (C=O) groups excluding carboxylic acids is 1. The third kappa shape index (κ3) is 5.04. The first kappa shape index (κ1) is 17.4. The minimum atomic E-state index is 0.0617. The van der Waals surface area contributed by atoms with E-state index in [2.05, 4.69) is 18.8 Å². The van der Waals surface area contributed by atoms with Crippen molar-refractivity contribution in [2.75, 3.05) is 26.2 Å². The van der Waals surface area contributed by atoms with E-state index < -0.39 is 0 Å². The van der Waals surface area contributed by atoms with Gasteiger partial charge in [0.2, 0.25) is 0 Å². The molecule has 1 saturated heterocycles. The molecule has 1 fully saturated rings. The van der Waals surface area contributed by atoms with E-state index in [1.165, 1.54) is 0 Å². The molecule has 2 rings (SSSR count). The number of piperidine rings is 1. The predicted octanol–water partition coefficient (Wildman–Crippen LogP) is 2.31. The number of hydrogen-bond donors (Lipinski definition) is 1. The van der Waals surface area contributed by atoms with Gasteiger partial charge in [0.15, 0.2) is 0 Å². The summed E-state index contributed by atoms with van der Waals surface area (Å²) >= 11 is 1.59. The summed E-state index contributed by atoms with van der Waals surface area (Å²) in [6.07, 6.45) is 3.91. The van der Waals surface area contributed by atoms with Crippen LogP contribution in [0.1, 0.15) is 48.6 Å². The molecular formula is C16H27N3O2S. The molecule has 124 valence electrons. The molecular weight excluding hydrogens is 298 g/mol. The molecule has 5 nitrogen and oxygen atoms in total. The minimum absolute atomic E-state index is 0.0617. The lowest BCUT2D eigenvalue weighted by molar-refractivity contribution is 0.00830. The lowest BCUT2D eigenvalue weighted by Gasteiger charge is -2.31. The van der Waals surface area contributed by atoms with Gasteiger partial charge in [-0.3, -0.25) is 4.79 Å². The number of nitrogens with two attached hydrogens (primary N) is 1. The maximum atomic E-state index is 12.5. The summed E-state index contributed by atoms with van der Waals surface area (Å²) in [6, 6.07) is 0. The van der Waals surface area contributed by atoms with Crippen LogP contribution >= 0.6 is 11.3 Å². The average molecular weight is 325 g/mol. The summed E-state index contributed by atoms with van der Waals surface area (Å²) in [5, 5.41) is 2.95. The Kier molecular flexibility index (Phi) is 6.79. The van der Waals surface area contributed by atoms with E-state index in [1.54, 1.807) is 11.3 Å². The Labute approximate surface area is 136 Å². The largest absolute Gasteiger partial charge is 0.378 e. The highest BCUT2D eigenvalue weighted by Gasteiger charge is 2.25. The molecule has 2 N–H and O–H groups in total. The maximum Gasteiger partial charge on any atom is 0.273 e. The molecule has 0 unspecified atom stereocenters. The van der Waals surface area contributed by atoms with Crippen molar-refractivity contribution >= 4 is 17.2 Å². The second kappa shape index (κ2) is 8.60. The molecule has 0 aliphatic carbocycles. The van der Waals surface area contributed by atoms with Gasteiger partial charge in [0.05, 0.1) is 11.1 Å². The SMILES string of the molecule is CC(C)Cc1nc(C(=O)N2CCC(OCCCN)CC2)cs1. The number of hydrogen-bond acceptors (Lipinski definition) is 5. The van der Waals surface area contributed by atoms with Crippen LogP contribution in [0.2, 0.25) is 0 Å². The van der Waals surface area contributed by atoms with Crippen LogP contribution in [0.25, 0.3) is 0 Å². The summed E-state index contributed by atoms with van der Waals surface area (Å²) in [6.45, 7) is 7.22. The fraction of sp³-hybridized carbons (Fsp3) is 0.750. The number of likely N-dealkylation sites (tertiary alicyclic amines) is 1. The van der Waals surface area contributed by atoms with Gasteiger partial charge >= 0.3 is 0 Å². The number of aromatic nitrogens is 1. The summed E-state index contributed by atoms with van der Waals surface area (Å²) in [7, 11) is 0. The lowest BCUT2D eigenvalue weighted by atomic mass is 10.1. The van der Waals surface area contributed by atoms with Crippen molar-refractivity contribution in [2.45, 2.75) is 45.6 Å². The molecule has 0 saturated carbocycles. The standard InChI is InChI=1S/C16H27N3O2S/c1-12(2)10-15-18-14(11-22-15)16(20)19-7-4-13(5-8-19)21-9-3-6-17/h11-13H,3-10,17H2,1-2H3. The summed E-state index contributed by atoms with van der Waals surface area (Å²) < 4.78 is 5.77. The number of rotatable bonds is 7. The third-order valence-electron chi connectivity index (χ3n) is 3.78. The van der Waals surface area contributed by atoms with Crippen LogP contribution in [-0.2, 0) is 11.2 Å². The number of ether oxygens (including phenoxy) is 1. The Morgan fingerprint density at radius 1 is 1.50 bits per heavy atom. The van der Waals surface area contributed by atoms with Crippen molar-refractivity contribution in [2.24, 2.45) is 11.7 Å². The molecule has 1 aromatic heterocycles. The molecule has 1 aromatic rings. The number of thiazole rings is 1. The molecule has 1 aliphatic heterocycles. The van der Waals surface area contributed by atoms with Crippen molar-refractivity contribution < 1.29 is 9.53 Å². The van der Waals surface area contributed by atoms with Crippen LogP contribution in [0, 0.1) is 5.92 Å². The van der Waals surface area contributed by atoms with Gasteiger partial charge in [0, 0.05) is 31.5 Å². The Morgan fingerprint density at radius 3 is 2.86 bits per heavy atom. The molecule has 6 heteroatoms. The van der Waals surface area contributed by atoms with Crippen LogP contribution in [-0.4, -0.2) is 48.1 Å². The maximum absolute atomic E-state index is 12.5. The topological polar surface area (TPSA) is 68.5 Å². The van der Waals surface area contributed by atoms with Gasteiger partial charge in [-0.25, -0.2) is 4.98 Å². The first-order valence-electron chi connectivity index (χ1n) is 8.15. The normalized spacial score (nSPS) is 16.5. The van der Waals surface area contributed by atoms with E-state index in [4.69, 9.17) is 10.5 Å². The first-order valence-corrected chi connectivity index (χ1v) is 9.03. The summed E-state index contributed by atoms with van der Waals surface area (Å²) in [4.78, 5) is 18.9. The molecule has 0 aromatic carbocycles. The highest BCUT2D eigenvalue weighted by molar-refractivity contribution is 7.09. The van der Waals surface area contributed by atoms with Gasteiger partial charge in [-0.05, 0) is 31.7 Å². The van der Waals surface area contributed by atoms with E-state index in [1.807, 2.05) is 10.3 Å². The van der Waals surface area contributed by atoms with Gasteiger partial charge in [-0.1, -0.05) is 13.8 Å². The van der Waals surface area contributed by atoms with E-state index >= 15 is 0 Å². The monoisotopic (exact) mass is 325 g/mol. The van der Waals surface area contributed by atoms with Gasteiger partial charge in [0.25, 0.3) is 5.91 Å². The number of amides is 1. The predicted molar refractivity (Wildman–Crippen MR) is 89.2 cm³/mol. The molecule has 22 heavy (non-hydrogen) atoms. The van der Waals surface area contributed by atoms with Crippen molar-refractivity contribution in [1.82, 2.24) is 9.88 Å². The van der Waals surface area contributed by atoms with E-state index in [0.29, 0.717) is 18.2 Å². The quantitative estimate of drug-likeness (QED) is 0.781. The van der Waals surface area contributed by atoms with Crippen LogP contribution in [0.3, 0.4) is 0 Å². The summed E-state index contributed by atoms with van der Waals surface area (Å²) in [5.74, 6) is 0.627. The van der Waals surface area contributed by atoms with Gasteiger partial charge < -0.3 is 15.4 Å². The summed E-state index contributed by atoms with van der Waals surface area (Å²) in [5.41, 5.74) is 6.06. The second-order valence-electron chi connectivity index (χ2n) is 6.23.